The highest BCUT2D eigenvalue weighted by molar-refractivity contribution is 6.31. The summed E-state index contributed by atoms with van der Waals surface area (Å²) in [5, 5.41) is 9.77. The molecule has 0 aliphatic carbocycles. The van der Waals surface area contributed by atoms with Crippen LogP contribution in [-0.4, -0.2) is 27.6 Å². The number of anilines is 1. The Balaban J connectivity index is 1.80. The maximum atomic E-state index is 11.8. The van der Waals surface area contributed by atoms with Gasteiger partial charge < -0.3 is 11.1 Å². The summed E-state index contributed by atoms with van der Waals surface area (Å²) >= 11 is 5.84. The molecule has 2 rings (SSSR count). The van der Waals surface area contributed by atoms with Crippen molar-refractivity contribution in [3.05, 3.63) is 40.9 Å². The Morgan fingerprint density at radius 2 is 2.26 bits per heavy atom. The number of H-pyrrole nitrogens is 1. The molecule has 0 saturated heterocycles. The Kier molecular flexibility index (Phi) is 4.35. The molecule has 1 heterocycles. The maximum absolute atomic E-state index is 11.8. The first-order valence-corrected chi connectivity index (χ1v) is 6.21. The fourth-order valence-corrected chi connectivity index (χ4v) is 1.90. The van der Waals surface area contributed by atoms with Crippen LogP contribution < -0.4 is 11.1 Å². The lowest BCUT2D eigenvalue weighted by Crippen LogP contribution is -2.25. The SMILES string of the molecule is Nc1cc(Cl)cc(C(=O)NCCCc2ncn[nH]2)c1. The molecule has 0 saturated carbocycles. The average Bonchev–Trinajstić information content (AvgIpc) is 2.86. The number of amides is 1. The fraction of sp³-hybridized carbons (Fsp3) is 0.250. The van der Waals surface area contributed by atoms with Crippen molar-refractivity contribution in [2.45, 2.75) is 12.8 Å². The molecule has 0 aliphatic heterocycles. The molecule has 6 nitrogen and oxygen atoms in total. The van der Waals surface area contributed by atoms with E-state index in [2.05, 4.69) is 20.5 Å². The van der Waals surface area contributed by atoms with Crippen LogP contribution in [0, 0.1) is 0 Å². The summed E-state index contributed by atoms with van der Waals surface area (Å²) in [5.74, 6) is 0.619. The number of nitrogen functional groups attached to an aromatic ring is 1. The van der Waals surface area contributed by atoms with Crippen LogP contribution in [0.1, 0.15) is 22.6 Å². The van der Waals surface area contributed by atoms with Crippen LogP contribution in [0.15, 0.2) is 24.5 Å². The molecule has 0 spiro atoms. The third kappa shape index (κ3) is 3.96. The van der Waals surface area contributed by atoms with Gasteiger partial charge in [-0.2, -0.15) is 5.10 Å². The van der Waals surface area contributed by atoms with Crippen LogP contribution in [0.25, 0.3) is 0 Å². The zero-order valence-electron chi connectivity index (χ0n) is 10.2. The number of halogens is 1. The summed E-state index contributed by atoms with van der Waals surface area (Å²) in [5.41, 5.74) is 6.57. The molecule has 0 bridgehead atoms. The predicted molar refractivity (Wildman–Crippen MR) is 72.9 cm³/mol. The van der Waals surface area contributed by atoms with Gasteiger partial charge in [0, 0.05) is 29.2 Å². The smallest absolute Gasteiger partial charge is 0.251 e. The van der Waals surface area contributed by atoms with Crippen LogP contribution in [0.3, 0.4) is 0 Å². The molecule has 0 radical (unpaired) electrons. The number of hydrogen-bond acceptors (Lipinski definition) is 4. The number of hydrogen-bond donors (Lipinski definition) is 3. The van der Waals surface area contributed by atoms with Gasteiger partial charge in [0.2, 0.25) is 0 Å². The van der Waals surface area contributed by atoms with Crippen LogP contribution in [0.4, 0.5) is 5.69 Å². The van der Waals surface area contributed by atoms with Gasteiger partial charge >= 0.3 is 0 Å². The molecular weight excluding hydrogens is 266 g/mol. The molecule has 1 aromatic heterocycles. The maximum Gasteiger partial charge on any atom is 0.251 e. The molecule has 1 amide bonds. The molecule has 4 N–H and O–H groups in total. The van der Waals surface area contributed by atoms with Gasteiger partial charge in [-0.25, -0.2) is 4.98 Å². The summed E-state index contributed by atoms with van der Waals surface area (Å²) in [7, 11) is 0. The highest BCUT2D eigenvalue weighted by atomic mass is 35.5. The van der Waals surface area contributed by atoms with E-state index in [4.69, 9.17) is 17.3 Å². The highest BCUT2D eigenvalue weighted by Gasteiger charge is 2.07. The number of rotatable bonds is 5. The van der Waals surface area contributed by atoms with E-state index in [1.807, 2.05) is 0 Å². The standard InChI is InChI=1S/C12H14ClN5O/c13-9-4-8(5-10(14)6-9)12(19)15-3-1-2-11-16-7-17-18-11/h4-7H,1-3,14H2,(H,15,19)(H,16,17,18). The quantitative estimate of drug-likeness (QED) is 0.569. The molecule has 2 aromatic rings. The minimum atomic E-state index is -0.188. The van der Waals surface area contributed by atoms with Crippen LogP contribution >= 0.6 is 11.6 Å². The first-order chi connectivity index (χ1) is 9.15. The summed E-state index contributed by atoms with van der Waals surface area (Å²) in [6.45, 7) is 0.548. The molecular formula is C12H14ClN5O. The lowest BCUT2D eigenvalue weighted by atomic mass is 10.2. The number of nitrogens with two attached hydrogens (primary N) is 1. The number of nitrogens with one attached hydrogen (secondary N) is 2. The molecule has 1 aromatic carbocycles. The molecule has 0 unspecified atom stereocenters. The number of carbonyl (C=O) groups is 1. The Labute approximate surface area is 115 Å². The molecule has 0 atom stereocenters. The van der Waals surface area contributed by atoms with Crippen molar-refractivity contribution in [2.24, 2.45) is 0 Å². The number of aromatic nitrogens is 3. The van der Waals surface area contributed by atoms with Gasteiger partial charge in [-0.1, -0.05) is 11.6 Å². The molecule has 0 aliphatic rings. The lowest BCUT2D eigenvalue weighted by Gasteiger charge is -2.06. The highest BCUT2D eigenvalue weighted by Crippen LogP contribution is 2.16. The van der Waals surface area contributed by atoms with E-state index in [-0.39, 0.29) is 5.91 Å². The number of nitrogens with zero attached hydrogens (tertiary/aromatic N) is 2. The number of aromatic amines is 1. The van der Waals surface area contributed by atoms with E-state index in [1.54, 1.807) is 18.2 Å². The van der Waals surface area contributed by atoms with Crippen molar-refractivity contribution >= 4 is 23.2 Å². The van der Waals surface area contributed by atoms with Gasteiger partial charge in [-0.15, -0.1) is 0 Å². The third-order valence-electron chi connectivity index (χ3n) is 2.52. The molecule has 100 valence electrons. The largest absolute Gasteiger partial charge is 0.399 e. The normalized spacial score (nSPS) is 10.4. The van der Waals surface area contributed by atoms with Crippen molar-refractivity contribution in [3.63, 3.8) is 0 Å². The second kappa shape index (κ2) is 6.19. The first kappa shape index (κ1) is 13.4. The number of carbonyl (C=O) groups excluding carboxylic acids is 1. The Bertz CT molecular complexity index is 535. The van der Waals surface area contributed by atoms with Crippen molar-refractivity contribution < 1.29 is 4.79 Å². The van der Waals surface area contributed by atoms with Crippen molar-refractivity contribution in [1.29, 1.82) is 0 Å². The number of benzene rings is 1. The van der Waals surface area contributed by atoms with Gasteiger partial charge in [0.25, 0.3) is 5.91 Å². The zero-order chi connectivity index (χ0) is 13.7. The topological polar surface area (TPSA) is 96.7 Å². The van der Waals surface area contributed by atoms with Crippen molar-refractivity contribution in [3.8, 4) is 0 Å². The van der Waals surface area contributed by atoms with Gasteiger partial charge in [-0.05, 0) is 24.6 Å². The second-order valence-corrected chi connectivity index (χ2v) is 4.50. The van der Waals surface area contributed by atoms with Crippen LogP contribution in [-0.2, 0) is 6.42 Å². The fourth-order valence-electron chi connectivity index (χ4n) is 1.65. The van der Waals surface area contributed by atoms with E-state index < -0.39 is 0 Å². The monoisotopic (exact) mass is 279 g/mol. The van der Waals surface area contributed by atoms with E-state index in [0.29, 0.717) is 22.8 Å². The van der Waals surface area contributed by atoms with Gasteiger partial charge in [0.05, 0.1) is 0 Å². The summed E-state index contributed by atoms with van der Waals surface area (Å²) in [6, 6.07) is 4.78. The van der Waals surface area contributed by atoms with Gasteiger partial charge in [-0.3, -0.25) is 9.89 Å². The first-order valence-electron chi connectivity index (χ1n) is 5.83. The molecule has 0 fully saturated rings. The minimum Gasteiger partial charge on any atom is -0.399 e. The second-order valence-electron chi connectivity index (χ2n) is 4.06. The summed E-state index contributed by atoms with van der Waals surface area (Å²) in [6.07, 6.45) is 2.97. The summed E-state index contributed by atoms with van der Waals surface area (Å²) < 4.78 is 0. The Morgan fingerprint density at radius 1 is 1.42 bits per heavy atom. The third-order valence-corrected chi connectivity index (χ3v) is 2.74. The average molecular weight is 280 g/mol. The summed E-state index contributed by atoms with van der Waals surface area (Å²) in [4.78, 5) is 15.9. The van der Waals surface area contributed by atoms with E-state index in [9.17, 15) is 4.79 Å². The predicted octanol–water partition coefficient (Wildman–Crippen LogP) is 1.40. The number of aryl methyl sites for hydroxylation is 1. The van der Waals surface area contributed by atoms with Crippen molar-refractivity contribution in [1.82, 2.24) is 20.5 Å². The van der Waals surface area contributed by atoms with E-state index in [0.717, 1.165) is 18.7 Å². The van der Waals surface area contributed by atoms with E-state index >= 15 is 0 Å². The minimum absolute atomic E-state index is 0.188. The Hall–Kier alpha value is -2.08. The van der Waals surface area contributed by atoms with Crippen molar-refractivity contribution in [2.75, 3.05) is 12.3 Å². The van der Waals surface area contributed by atoms with Crippen LogP contribution in [0.5, 0.6) is 0 Å². The van der Waals surface area contributed by atoms with E-state index in [1.165, 1.54) is 6.33 Å². The Morgan fingerprint density at radius 3 is 2.95 bits per heavy atom. The molecule has 7 heteroatoms. The lowest BCUT2D eigenvalue weighted by molar-refractivity contribution is 0.0953. The van der Waals surface area contributed by atoms with Crippen LogP contribution in [0.2, 0.25) is 5.02 Å². The van der Waals surface area contributed by atoms with Gasteiger partial charge in [0.15, 0.2) is 0 Å². The zero-order valence-corrected chi connectivity index (χ0v) is 10.9. The van der Waals surface area contributed by atoms with Gasteiger partial charge in [0.1, 0.15) is 12.2 Å². The molecule has 19 heavy (non-hydrogen) atoms.